The van der Waals surface area contributed by atoms with Gasteiger partial charge in [0.2, 0.25) is 0 Å². The zero-order valence-corrected chi connectivity index (χ0v) is 18.3. The molecular weight excluding hydrogens is 398 g/mol. The molecule has 0 bridgehead atoms. The Morgan fingerprint density at radius 2 is 1.91 bits per heavy atom. The Balaban J connectivity index is 1.46. The molecular formula is C25H25N7. The fourth-order valence-electron chi connectivity index (χ4n) is 3.84. The lowest BCUT2D eigenvalue weighted by atomic mass is 10.1. The van der Waals surface area contributed by atoms with E-state index >= 15 is 0 Å². The Labute approximate surface area is 187 Å². The van der Waals surface area contributed by atoms with Gasteiger partial charge in [-0.1, -0.05) is 17.9 Å². The van der Waals surface area contributed by atoms with Gasteiger partial charge >= 0.3 is 0 Å². The number of H-pyrrole nitrogens is 1. The van der Waals surface area contributed by atoms with Gasteiger partial charge in [0.15, 0.2) is 5.82 Å². The number of aromatic amines is 1. The van der Waals surface area contributed by atoms with Crippen LogP contribution in [0, 0.1) is 18.8 Å². The second kappa shape index (κ2) is 8.87. The molecule has 0 unspecified atom stereocenters. The first-order chi connectivity index (χ1) is 15.7. The smallest absolute Gasteiger partial charge is 0.180 e. The molecule has 0 aliphatic carbocycles. The lowest BCUT2D eigenvalue weighted by Crippen LogP contribution is -2.44. The first-order valence-corrected chi connectivity index (χ1v) is 10.8. The van der Waals surface area contributed by atoms with Crippen LogP contribution in [0.25, 0.3) is 33.8 Å². The number of nitrogens with one attached hydrogen (secondary N) is 1. The van der Waals surface area contributed by atoms with Crippen molar-refractivity contribution in [2.75, 3.05) is 39.8 Å². The summed E-state index contributed by atoms with van der Waals surface area (Å²) in [5.41, 5.74) is 5.08. The van der Waals surface area contributed by atoms with Crippen LogP contribution in [0.4, 0.5) is 0 Å². The molecule has 1 saturated heterocycles. The molecule has 1 aliphatic rings. The van der Waals surface area contributed by atoms with Crippen LogP contribution in [0.1, 0.15) is 11.3 Å². The van der Waals surface area contributed by atoms with Crippen LogP contribution >= 0.6 is 0 Å². The molecule has 7 nitrogen and oxygen atoms in total. The minimum atomic E-state index is 0.588. The Kier molecular flexibility index (Phi) is 5.63. The van der Waals surface area contributed by atoms with Gasteiger partial charge in [-0.05, 0) is 38.2 Å². The molecule has 160 valence electrons. The van der Waals surface area contributed by atoms with E-state index in [1.807, 2.05) is 49.6 Å². The summed E-state index contributed by atoms with van der Waals surface area (Å²) >= 11 is 0. The van der Waals surface area contributed by atoms with E-state index in [1.54, 1.807) is 6.20 Å². The highest BCUT2D eigenvalue weighted by Crippen LogP contribution is 2.28. The van der Waals surface area contributed by atoms with Gasteiger partial charge in [-0.25, -0.2) is 15.0 Å². The van der Waals surface area contributed by atoms with Crippen molar-refractivity contribution < 1.29 is 0 Å². The number of aryl methyl sites for hydroxylation is 1. The Morgan fingerprint density at radius 1 is 1.03 bits per heavy atom. The van der Waals surface area contributed by atoms with E-state index in [-0.39, 0.29) is 0 Å². The largest absolute Gasteiger partial charge is 0.346 e. The molecule has 0 amide bonds. The van der Waals surface area contributed by atoms with Crippen LogP contribution in [0.3, 0.4) is 0 Å². The van der Waals surface area contributed by atoms with Crippen molar-refractivity contribution in [3.8, 4) is 34.6 Å². The van der Waals surface area contributed by atoms with E-state index in [9.17, 15) is 0 Å². The number of hydrogen-bond donors (Lipinski definition) is 1. The number of piperazine rings is 1. The van der Waals surface area contributed by atoms with Crippen molar-refractivity contribution in [2.24, 2.45) is 0 Å². The standard InChI is InChI=1S/C25H25N7/c1-18-5-3-7-22(28-18)25-29-23(21-8-9-27-24(21)30-25)20-15-19(16-26-17-20)6-4-10-32-13-11-31(2)12-14-32/h3,5,7-9,15-17H,10-14H2,1-2H3,(H,27,29,30). The molecule has 1 fully saturated rings. The maximum absolute atomic E-state index is 4.86. The van der Waals surface area contributed by atoms with Gasteiger partial charge < -0.3 is 9.88 Å². The summed E-state index contributed by atoms with van der Waals surface area (Å²) in [4.78, 5) is 26.5. The van der Waals surface area contributed by atoms with E-state index in [4.69, 9.17) is 4.98 Å². The number of nitrogens with zero attached hydrogens (tertiary/aromatic N) is 6. The van der Waals surface area contributed by atoms with Crippen LogP contribution in [-0.4, -0.2) is 74.5 Å². The average Bonchev–Trinajstić information content (AvgIpc) is 3.29. The summed E-state index contributed by atoms with van der Waals surface area (Å²) in [5.74, 6) is 7.17. The van der Waals surface area contributed by atoms with Gasteiger partial charge in [0.05, 0.1) is 12.2 Å². The van der Waals surface area contributed by atoms with Gasteiger partial charge in [0.1, 0.15) is 11.3 Å². The normalized spacial score (nSPS) is 14.9. The van der Waals surface area contributed by atoms with Crippen molar-refractivity contribution >= 4 is 11.0 Å². The topological polar surface area (TPSA) is 73.8 Å². The molecule has 0 radical (unpaired) electrons. The van der Waals surface area contributed by atoms with Crippen LogP contribution in [0.15, 0.2) is 48.9 Å². The van der Waals surface area contributed by atoms with E-state index in [1.165, 1.54) is 0 Å². The van der Waals surface area contributed by atoms with E-state index < -0.39 is 0 Å². The van der Waals surface area contributed by atoms with Crippen LogP contribution in [0.5, 0.6) is 0 Å². The Morgan fingerprint density at radius 3 is 2.75 bits per heavy atom. The van der Waals surface area contributed by atoms with Gasteiger partial charge in [0, 0.05) is 67.0 Å². The monoisotopic (exact) mass is 423 g/mol. The third-order valence-corrected chi connectivity index (χ3v) is 5.68. The summed E-state index contributed by atoms with van der Waals surface area (Å²) in [5, 5.41) is 0.950. The molecule has 0 aromatic carbocycles. The van der Waals surface area contributed by atoms with Crippen molar-refractivity contribution in [1.29, 1.82) is 0 Å². The summed E-state index contributed by atoms with van der Waals surface area (Å²) < 4.78 is 0. The zero-order valence-electron chi connectivity index (χ0n) is 18.3. The highest BCUT2D eigenvalue weighted by Gasteiger charge is 2.14. The molecule has 1 aliphatic heterocycles. The third-order valence-electron chi connectivity index (χ3n) is 5.68. The summed E-state index contributed by atoms with van der Waals surface area (Å²) in [6, 6.07) is 9.90. The lowest BCUT2D eigenvalue weighted by molar-refractivity contribution is 0.168. The SMILES string of the molecule is Cc1cccc(-c2nc(-c3cncc(C#CCN4CCN(C)CC4)c3)c3cc[nH]c3n2)n1. The fraction of sp³-hybridized carbons (Fsp3) is 0.280. The summed E-state index contributed by atoms with van der Waals surface area (Å²) in [6.45, 7) is 7.05. The fourth-order valence-corrected chi connectivity index (χ4v) is 3.84. The molecule has 0 spiro atoms. The van der Waals surface area contributed by atoms with Gasteiger partial charge in [-0.2, -0.15) is 0 Å². The summed E-state index contributed by atoms with van der Waals surface area (Å²) in [6.07, 6.45) is 5.51. The minimum Gasteiger partial charge on any atom is -0.346 e. The Hall–Kier alpha value is -3.60. The molecule has 0 atom stereocenters. The minimum absolute atomic E-state index is 0.588. The number of fused-ring (bicyclic) bond motifs is 1. The molecule has 0 saturated carbocycles. The molecule has 5 heterocycles. The van der Waals surface area contributed by atoms with Crippen molar-refractivity contribution in [3.05, 3.63) is 60.2 Å². The second-order valence-electron chi connectivity index (χ2n) is 8.14. The Bertz CT molecular complexity index is 1310. The van der Waals surface area contributed by atoms with E-state index in [0.717, 1.165) is 72.0 Å². The predicted molar refractivity (Wildman–Crippen MR) is 126 cm³/mol. The van der Waals surface area contributed by atoms with Gasteiger partial charge in [-0.15, -0.1) is 0 Å². The highest BCUT2D eigenvalue weighted by atomic mass is 15.2. The first-order valence-electron chi connectivity index (χ1n) is 10.8. The maximum atomic E-state index is 4.86. The highest BCUT2D eigenvalue weighted by molar-refractivity contribution is 5.91. The number of aromatic nitrogens is 5. The zero-order chi connectivity index (χ0) is 21.9. The number of likely N-dealkylation sites (N-methyl/N-ethyl adjacent to an activating group) is 1. The molecule has 5 rings (SSSR count). The predicted octanol–water partition coefficient (Wildman–Crippen LogP) is 2.99. The van der Waals surface area contributed by atoms with Crippen molar-refractivity contribution in [2.45, 2.75) is 6.92 Å². The van der Waals surface area contributed by atoms with Crippen LogP contribution < -0.4 is 0 Å². The first kappa shape index (κ1) is 20.3. The molecule has 4 aromatic rings. The van der Waals surface area contributed by atoms with Crippen LogP contribution in [-0.2, 0) is 0 Å². The molecule has 32 heavy (non-hydrogen) atoms. The lowest BCUT2D eigenvalue weighted by Gasteiger charge is -2.30. The second-order valence-corrected chi connectivity index (χ2v) is 8.14. The maximum Gasteiger partial charge on any atom is 0.180 e. The van der Waals surface area contributed by atoms with E-state index in [0.29, 0.717) is 5.82 Å². The molecule has 1 N–H and O–H groups in total. The number of rotatable bonds is 3. The molecule has 7 heteroatoms. The molecule has 4 aromatic heterocycles. The van der Waals surface area contributed by atoms with E-state index in [2.05, 4.69) is 48.6 Å². The quantitative estimate of drug-likeness (QED) is 0.511. The van der Waals surface area contributed by atoms with Gasteiger partial charge in [0.25, 0.3) is 0 Å². The van der Waals surface area contributed by atoms with Crippen molar-refractivity contribution in [1.82, 2.24) is 34.7 Å². The third kappa shape index (κ3) is 4.37. The average molecular weight is 424 g/mol. The van der Waals surface area contributed by atoms with Crippen molar-refractivity contribution in [3.63, 3.8) is 0 Å². The van der Waals surface area contributed by atoms with Crippen LogP contribution in [0.2, 0.25) is 0 Å². The van der Waals surface area contributed by atoms with Gasteiger partial charge in [-0.3, -0.25) is 9.88 Å². The summed E-state index contributed by atoms with van der Waals surface area (Å²) in [7, 11) is 2.16. The number of pyridine rings is 2. The number of hydrogen-bond acceptors (Lipinski definition) is 6.